The van der Waals surface area contributed by atoms with E-state index in [9.17, 15) is 4.79 Å². The maximum Gasteiger partial charge on any atom is 0.216 e. The maximum absolute atomic E-state index is 10.8. The smallest absolute Gasteiger partial charge is 0.216 e. The summed E-state index contributed by atoms with van der Waals surface area (Å²) in [5.74, 6) is 0. The molecular formula is C12H21N2O2. The summed E-state index contributed by atoms with van der Waals surface area (Å²) in [5.41, 5.74) is 0. The molecule has 4 heteroatoms. The van der Waals surface area contributed by atoms with Gasteiger partial charge >= 0.3 is 0 Å². The zero-order chi connectivity index (χ0) is 11.4. The lowest BCUT2D eigenvalue weighted by atomic mass is 10.0. The van der Waals surface area contributed by atoms with Gasteiger partial charge in [-0.15, -0.1) is 0 Å². The highest BCUT2D eigenvalue weighted by Crippen LogP contribution is 2.22. The second-order valence-electron chi connectivity index (χ2n) is 4.66. The molecule has 16 heavy (non-hydrogen) atoms. The molecule has 91 valence electrons. The monoisotopic (exact) mass is 225 g/mol. The first-order valence-corrected chi connectivity index (χ1v) is 6.28. The van der Waals surface area contributed by atoms with Crippen LogP contribution in [0.25, 0.3) is 0 Å². The molecule has 2 atom stereocenters. The van der Waals surface area contributed by atoms with E-state index < -0.39 is 0 Å². The topological polar surface area (TPSA) is 32.8 Å². The summed E-state index contributed by atoms with van der Waals surface area (Å²) in [6.07, 6.45) is 6.19. The van der Waals surface area contributed by atoms with E-state index in [4.69, 9.17) is 4.74 Å². The molecule has 2 aliphatic rings. The number of rotatable bonds is 3. The fraction of sp³-hybridized carbons (Fsp3) is 0.917. The Morgan fingerprint density at radius 2 is 2.00 bits per heavy atom. The Bertz CT molecular complexity index is 229. The average Bonchev–Trinajstić information content (AvgIpc) is 2.39. The van der Waals surface area contributed by atoms with Gasteiger partial charge in [-0.3, -0.25) is 14.6 Å². The molecule has 2 fully saturated rings. The maximum atomic E-state index is 10.8. The van der Waals surface area contributed by atoms with E-state index in [2.05, 4.69) is 16.1 Å². The van der Waals surface area contributed by atoms with Crippen LogP contribution < -0.4 is 0 Å². The number of ether oxygens (including phenoxy) is 1. The molecule has 0 aromatic carbocycles. The van der Waals surface area contributed by atoms with Crippen LogP contribution in [0.2, 0.25) is 0 Å². The van der Waals surface area contributed by atoms with Crippen molar-refractivity contribution in [1.82, 2.24) is 9.80 Å². The van der Waals surface area contributed by atoms with E-state index >= 15 is 0 Å². The van der Waals surface area contributed by atoms with Gasteiger partial charge in [0.25, 0.3) is 0 Å². The number of hydrogen-bond acceptors (Lipinski definition) is 4. The van der Waals surface area contributed by atoms with Crippen LogP contribution in [0.3, 0.4) is 0 Å². The van der Waals surface area contributed by atoms with Crippen molar-refractivity contribution in [2.75, 3.05) is 32.8 Å². The molecule has 0 spiro atoms. The van der Waals surface area contributed by atoms with Gasteiger partial charge in [0.15, 0.2) is 0 Å². The quantitative estimate of drug-likeness (QED) is 0.705. The number of piperidine rings is 1. The van der Waals surface area contributed by atoms with Crippen molar-refractivity contribution >= 4 is 6.29 Å². The van der Waals surface area contributed by atoms with Crippen LogP contribution in [0.1, 0.15) is 26.2 Å². The second kappa shape index (κ2) is 5.75. The van der Waals surface area contributed by atoms with E-state index in [0.29, 0.717) is 6.17 Å². The molecule has 0 amide bonds. The Kier molecular flexibility index (Phi) is 4.32. The standard InChI is InChI=1S/C12H21N2O2/c1-11(10-15)14-5-3-2-4-12(14)13-6-8-16-9-7-13/h11-12H,2-9H2,1H3. The van der Waals surface area contributed by atoms with E-state index in [1.165, 1.54) is 19.3 Å². The van der Waals surface area contributed by atoms with Gasteiger partial charge in [-0.1, -0.05) is 0 Å². The number of hydrogen-bond donors (Lipinski definition) is 0. The number of morpholine rings is 1. The van der Waals surface area contributed by atoms with Gasteiger partial charge in [-0.25, -0.2) is 0 Å². The predicted molar refractivity (Wildman–Crippen MR) is 61.9 cm³/mol. The largest absolute Gasteiger partial charge is 0.379 e. The Balaban J connectivity index is 1.99. The van der Waals surface area contributed by atoms with Crippen LogP contribution in [0, 0.1) is 0 Å². The predicted octanol–water partition coefficient (Wildman–Crippen LogP) is 0.629. The van der Waals surface area contributed by atoms with Crippen molar-refractivity contribution in [3.05, 3.63) is 0 Å². The lowest BCUT2D eigenvalue weighted by Crippen LogP contribution is -2.57. The highest BCUT2D eigenvalue weighted by atomic mass is 16.5. The molecule has 2 aliphatic heterocycles. The Morgan fingerprint density at radius 1 is 1.25 bits per heavy atom. The van der Waals surface area contributed by atoms with Gasteiger partial charge in [-0.2, -0.15) is 0 Å². The molecule has 2 saturated heterocycles. The SMILES string of the molecule is CC([C]=O)N1CCCCC1N1CCOCC1. The normalized spacial score (nSPS) is 31.2. The van der Waals surface area contributed by atoms with E-state index in [1.807, 2.05) is 6.92 Å². The first-order valence-electron chi connectivity index (χ1n) is 6.28. The molecule has 4 nitrogen and oxygen atoms in total. The summed E-state index contributed by atoms with van der Waals surface area (Å²) in [6, 6.07) is -0.0758. The summed E-state index contributed by atoms with van der Waals surface area (Å²) in [5, 5.41) is 0. The molecule has 0 aromatic heterocycles. The van der Waals surface area contributed by atoms with Gasteiger partial charge in [0.05, 0.1) is 25.4 Å². The minimum atomic E-state index is -0.0758. The number of likely N-dealkylation sites (tertiary alicyclic amines) is 1. The van der Waals surface area contributed by atoms with Crippen LogP contribution >= 0.6 is 0 Å². The van der Waals surface area contributed by atoms with Crippen molar-refractivity contribution in [2.45, 2.75) is 38.4 Å². The van der Waals surface area contributed by atoms with Gasteiger partial charge in [0, 0.05) is 19.6 Å². The van der Waals surface area contributed by atoms with Crippen molar-refractivity contribution in [2.24, 2.45) is 0 Å². The van der Waals surface area contributed by atoms with Gasteiger partial charge < -0.3 is 4.74 Å². The van der Waals surface area contributed by atoms with E-state index in [1.54, 1.807) is 0 Å². The van der Waals surface area contributed by atoms with Gasteiger partial charge in [0.2, 0.25) is 6.29 Å². The third kappa shape index (κ3) is 2.62. The van der Waals surface area contributed by atoms with E-state index in [-0.39, 0.29) is 6.04 Å². The highest BCUT2D eigenvalue weighted by molar-refractivity contribution is 5.57. The zero-order valence-corrected chi connectivity index (χ0v) is 10.0. The van der Waals surface area contributed by atoms with Crippen LogP contribution in [0.4, 0.5) is 0 Å². The lowest BCUT2D eigenvalue weighted by Gasteiger charge is -2.45. The number of carbonyl (C=O) groups excluding carboxylic acids is 1. The van der Waals surface area contributed by atoms with Crippen LogP contribution in [0.15, 0.2) is 0 Å². The van der Waals surface area contributed by atoms with Crippen LogP contribution in [-0.4, -0.2) is 61.1 Å². The van der Waals surface area contributed by atoms with Gasteiger partial charge in [-0.05, 0) is 26.2 Å². The average molecular weight is 225 g/mol. The summed E-state index contributed by atoms with van der Waals surface area (Å²) in [7, 11) is 0. The molecule has 0 aliphatic carbocycles. The molecule has 0 bridgehead atoms. The Hall–Kier alpha value is -0.450. The summed E-state index contributed by atoms with van der Waals surface area (Å²) < 4.78 is 5.38. The first-order chi connectivity index (χ1) is 7.83. The first kappa shape index (κ1) is 12.0. The molecule has 2 heterocycles. The molecule has 0 saturated carbocycles. The molecular weight excluding hydrogens is 204 g/mol. The Morgan fingerprint density at radius 3 is 2.69 bits per heavy atom. The fourth-order valence-corrected chi connectivity index (χ4v) is 2.72. The fourth-order valence-electron chi connectivity index (χ4n) is 2.72. The van der Waals surface area contributed by atoms with Crippen molar-refractivity contribution in [1.29, 1.82) is 0 Å². The van der Waals surface area contributed by atoms with Crippen molar-refractivity contribution < 1.29 is 9.53 Å². The van der Waals surface area contributed by atoms with Crippen molar-refractivity contribution in [3.63, 3.8) is 0 Å². The molecule has 0 aromatic rings. The summed E-state index contributed by atoms with van der Waals surface area (Å²) >= 11 is 0. The number of nitrogens with zero attached hydrogens (tertiary/aromatic N) is 2. The van der Waals surface area contributed by atoms with E-state index in [0.717, 1.165) is 32.8 Å². The summed E-state index contributed by atoms with van der Waals surface area (Å²) in [4.78, 5) is 15.6. The van der Waals surface area contributed by atoms with Gasteiger partial charge in [0.1, 0.15) is 0 Å². The minimum Gasteiger partial charge on any atom is -0.379 e. The third-order valence-corrected chi connectivity index (χ3v) is 3.65. The second-order valence-corrected chi connectivity index (χ2v) is 4.66. The van der Waals surface area contributed by atoms with Crippen LogP contribution in [-0.2, 0) is 9.53 Å². The van der Waals surface area contributed by atoms with Crippen LogP contribution in [0.5, 0.6) is 0 Å². The summed E-state index contributed by atoms with van der Waals surface area (Å²) in [6.45, 7) is 6.61. The molecule has 1 radical (unpaired) electrons. The zero-order valence-electron chi connectivity index (χ0n) is 10.0. The molecule has 2 rings (SSSR count). The third-order valence-electron chi connectivity index (χ3n) is 3.65. The minimum absolute atomic E-state index is 0.0758. The van der Waals surface area contributed by atoms with Crippen molar-refractivity contribution in [3.8, 4) is 0 Å². The Labute approximate surface area is 97.5 Å². The molecule has 0 N–H and O–H groups in total. The lowest BCUT2D eigenvalue weighted by molar-refractivity contribution is -0.0522. The molecule has 2 unspecified atom stereocenters. The highest BCUT2D eigenvalue weighted by Gasteiger charge is 2.31.